The number of amides is 1. The summed E-state index contributed by atoms with van der Waals surface area (Å²) in [5, 5.41) is 13.2. The van der Waals surface area contributed by atoms with Gasteiger partial charge in [-0.25, -0.2) is 4.79 Å². The third-order valence-electron chi connectivity index (χ3n) is 5.32. The van der Waals surface area contributed by atoms with Gasteiger partial charge >= 0.3 is 5.97 Å². The number of esters is 1. The molecular formula is C24H17N3O7. The van der Waals surface area contributed by atoms with Crippen molar-refractivity contribution in [2.45, 2.75) is 6.10 Å². The number of ketones is 2. The number of nitrogens with one attached hydrogen (secondary N) is 1. The fourth-order valence-electron chi connectivity index (χ4n) is 3.69. The number of nitro groups is 1. The molecule has 0 radical (unpaired) electrons. The molecular weight excluding hydrogens is 442 g/mol. The summed E-state index contributed by atoms with van der Waals surface area (Å²) >= 11 is 0. The SMILES string of the molecule is Nc1cccc(C(=O)[C@H](C(=O)C(=O)Nc2ccc([N+](=O)[O-])cc2)[C@H]2OC(=O)c3ccccc32)c1. The van der Waals surface area contributed by atoms with Crippen molar-refractivity contribution >= 4 is 40.5 Å². The fraction of sp³-hybridized carbons (Fsp3) is 0.0833. The summed E-state index contributed by atoms with van der Waals surface area (Å²) in [5.74, 6) is -5.41. The number of cyclic esters (lactones) is 1. The Bertz CT molecular complexity index is 1330. The molecule has 0 unspecified atom stereocenters. The lowest BCUT2D eigenvalue weighted by atomic mass is 9.84. The van der Waals surface area contributed by atoms with Gasteiger partial charge in [0.1, 0.15) is 12.0 Å². The van der Waals surface area contributed by atoms with E-state index in [2.05, 4.69) is 5.32 Å². The zero-order valence-electron chi connectivity index (χ0n) is 17.5. The van der Waals surface area contributed by atoms with Crippen LogP contribution in [0.1, 0.15) is 32.4 Å². The summed E-state index contributed by atoms with van der Waals surface area (Å²) < 4.78 is 5.36. The maximum Gasteiger partial charge on any atom is 0.339 e. The van der Waals surface area contributed by atoms with Crippen LogP contribution in [0, 0.1) is 16.0 Å². The lowest BCUT2D eigenvalue weighted by molar-refractivity contribution is -0.384. The molecule has 4 rings (SSSR count). The number of ether oxygens (including phenoxy) is 1. The number of Topliss-reactive ketones (excluding diaryl/α,β-unsaturated/α-hetero) is 2. The third-order valence-corrected chi connectivity index (χ3v) is 5.32. The summed E-state index contributed by atoms with van der Waals surface area (Å²) in [6, 6.07) is 17.0. The molecule has 3 aromatic carbocycles. The Balaban J connectivity index is 1.68. The van der Waals surface area contributed by atoms with Gasteiger partial charge in [-0.15, -0.1) is 0 Å². The van der Waals surface area contributed by atoms with Gasteiger partial charge in [0.15, 0.2) is 5.78 Å². The number of carbonyl (C=O) groups excluding carboxylic acids is 4. The summed E-state index contributed by atoms with van der Waals surface area (Å²) in [6.45, 7) is 0. The zero-order chi connectivity index (χ0) is 24.4. The number of nitrogen functional groups attached to an aromatic ring is 1. The Morgan fingerprint density at radius 3 is 2.38 bits per heavy atom. The van der Waals surface area contributed by atoms with Crippen molar-refractivity contribution in [3.05, 3.63) is 99.6 Å². The molecule has 170 valence electrons. The summed E-state index contributed by atoms with van der Waals surface area (Å²) in [7, 11) is 0. The van der Waals surface area contributed by atoms with Crippen LogP contribution in [-0.4, -0.2) is 28.4 Å². The first kappa shape index (κ1) is 22.3. The molecule has 0 aliphatic carbocycles. The second-order valence-corrected chi connectivity index (χ2v) is 7.50. The highest BCUT2D eigenvalue weighted by Crippen LogP contribution is 2.38. The predicted octanol–water partition coefficient (Wildman–Crippen LogP) is 3.10. The van der Waals surface area contributed by atoms with E-state index in [0.29, 0.717) is 5.56 Å². The number of carbonyl (C=O) groups is 4. The van der Waals surface area contributed by atoms with Crippen molar-refractivity contribution in [2.24, 2.45) is 5.92 Å². The first-order valence-electron chi connectivity index (χ1n) is 10.1. The number of hydrogen-bond acceptors (Lipinski definition) is 8. The first-order valence-corrected chi connectivity index (χ1v) is 10.1. The zero-order valence-corrected chi connectivity index (χ0v) is 17.5. The lowest BCUT2D eigenvalue weighted by Crippen LogP contribution is -2.38. The molecule has 0 bridgehead atoms. The second kappa shape index (κ2) is 8.94. The molecule has 0 spiro atoms. The van der Waals surface area contributed by atoms with Crippen LogP contribution in [0.3, 0.4) is 0 Å². The molecule has 1 aliphatic heterocycles. The van der Waals surface area contributed by atoms with Gasteiger partial charge in [0.2, 0.25) is 5.78 Å². The number of nitro benzene ring substituents is 1. The number of hydrogen-bond donors (Lipinski definition) is 2. The monoisotopic (exact) mass is 459 g/mol. The van der Waals surface area contributed by atoms with Gasteiger partial charge in [-0.2, -0.15) is 0 Å². The summed E-state index contributed by atoms with van der Waals surface area (Å²) in [5.41, 5.74) is 6.54. The van der Waals surface area contributed by atoms with Crippen molar-refractivity contribution in [2.75, 3.05) is 11.1 Å². The van der Waals surface area contributed by atoms with E-state index in [1.54, 1.807) is 24.3 Å². The number of anilines is 2. The topological polar surface area (TPSA) is 159 Å². The Morgan fingerprint density at radius 2 is 1.71 bits per heavy atom. The molecule has 1 aliphatic rings. The number of nitrogens with zero attached hydrogens (tertiary/aromatic N) is 1. The maximum atomic E-state index is 13.4. The normalized spacial score (nSPS) is 15.1. The smallest absolute Gasteiger partial charge is 0.339 e. The van der Waals surface area contributed by atoms with Crippen molar-refractivity contribution in [1.82, 2.24) is 0 Å². The molecule has 0 aromatic heterocycles. The fourth-order valence-corrected chi connectivity index (χ4v) is 3.69. The Labute approximate surface area is 192 Å². The van der Waals surface area contributed by atoms with Gasteiger partial charge in [-0.3, -0.25) is 24.5 Å². The standard InChI is InChI=1S/C24H17N3O7/c25-14-5-3-4-13(12-14)20(28)19(22-17-6-1-2-7-18(17)24(31)34-22)21(29)23(30)26-15-8-10-16(11-9-15)27(32)33/h1-12,19,22H,25H2,(H,26,30)/t19-,22+/m1/s1. The highest BCUT2D eigenvalue weighted by Gasteiger charge is 2.46. The number of non-ortho nitro benzene ring substituents is 1. The van der Waals surface area contributed by atoms with E-state index in [-0.39, 0.29) is 28.2 Å². The summed E-state index contributed by atoms with van der Waals surface area (Å²) in [6.07, 6.45) is -1.31. The van der Waals surface area contributed by atoms with E-state index < -0.39 is 40.4 Å². The lowest BCUT2D eigenvalue weighted by Gasteiger charge is -2.21. The molecule has 0 fully saturated rings. The minimum absolute atomic E-state index is 0.0712. The van der Waals surface area contributed by atoms with E-state index in [4.69, 9.17) is 10.5 Å². The van der Waals surface area contributed by atoms with E-state index in [1.165, 1.54) is 36.4 Å². The highest BCUT2D eigenvalue weighted by molar-refractivity contribution is 6.45. The van der Waals surface area contributed by atoms with Crippen molar-refractivity contribution < 1.29 is 28.8 Å². The van der Waals surface area contributed by atoms with Gasteiger partial charge in [-0.1, -0.05) is 30.3 Å². The van der Waals surface area contributed by atoms with Gasteiger partial charge in [0.05, 0.1) is 10.5 Å². The molecule has 0 saturated heterocycles. The Morgan fingerprint density at radius 1 is 1.00 bits per heavy atom. The Kier molecular flexibility index (Phi) is 5.88. The number of benzene rings is 3. The molecule has 3 N–H and O–H groups in total. The minimum Gasteiger partial charge on any atom is -0.453 e. The van der Waals surface area contributed by atoms with Gasteiger partial charge < -0.3 is 15.8 Å². The maximum absolute atomic E-state index is 13.4. The van der Waals surface area contributed by atoms with Crippen LogP contribution in [-0.2, 0) is 14.3 Å². The van der Waals surface area contributed by atoms with Crippen LogP contribution >= 0.6 is 0 Å². The highest BCUT2D eigenvalue weighted by atomic mass is 16.6. The van der Waals surface area contributed by atoms with Crippen LogP contribution in [0.2, 0.25) is 0 Å². The van der Waals surface area contributed by atoms with Gasteiger partial charge in [0.25, 0.3) is 11.6 Å². The van der Waals surface area contributed by atoms with Gasteiger partial charge in [-0.05, 0) is 30.3 Å². The van der Waals surface area contributed by atoms with Gasteiger partial charge in [0, 0.05) is 34.6 Å². The largest absolute Gasteiger partial charge is 0.453 e. The molecule has 2 atom stereocenters. The molecule has 10 heteroatoms. The quantitative estimate of drug-likeness (QED) is 0.104. The number of rotatable bonds is 7. The molecule has 0 saturated carbocycles. The minimum atomic E-state index is -1.67. The number of fused-ring (bicyclic) bond motifs is 1. The van der Waals surface area contributed by atoms with E-state index in [1.807, 2.05) is 0 Å². The van der Waals surface area contributed by atoms with E-state index in [9.17, 15) is 29.3 Å². The van der Waals surface area contributed by atoms with Crippen LogP contribution in [0.15, 0.2) is 72.8 Å². The van der Waals surface area contributed by atoms with Crippen molar-refractivity contribution in [3.8, 4) is 0 Å². The number of nitrogens with two attached hydrogens (primary N) is 1. The average Bonchev–Trinajstić information content (AvgIpc) is 3.15. The van der Waals surface area contributed by atoms with Crippen molar-refractivity contribution in [3.63, 3.8) is 0 Å². The first-order chi connectivity index (χ1) is 16.3. The predicted molar refractivity (Wildman–Crippen MR) is 120 cm³/mol. The second-order valence-electron chi connectivity index (χ2n) is 7.50. The molecule has 1 amide bonds. The van der Waals surface area contributed by atoms with Crippen LogP contribution in [0.4, 0.5) is 17.1 Å². The van der Waals surface area contributed by atoms with E-state index in [0.717, 1.165) is 12.1 Å². The third kappa shape index (κ3) is 4.24. The molecule has 1 heterocycles. The average molecular weight is 459 g/mol. The van der Waals surface area contributed by atoms with Crippen LogP contribution < -0.4 is 11.1 Å². The van der Waals surface area contributed by atoms with E-state index >= 15 is 0 Å². The van der Waals surface area contributed by atoms with Crippen molar-refractivity contribution in [1.29, 1.82) is 0 Å². The summed E-state index contributed by atoms with van der Waals surface area (Å²) in [4.78, 5) is 62.0. The van der Waals surface area contributed by atoms with Crippen LogP contribution in [0.25, 0.3) is 0 Å². The van der Waals surface area contributed by atoms with Crippen LogP contribution in [0.5, 0.6) is 0 Å². The molecule has 34 heavy (non-hydrogen) atoms. The molecule has 3 aromatic rings. The molecule has 10 nitrogen and oxygen atoms in total. The Hall–Kier alpha value is -4.86.